The van der Waals surface area contributed by atoms with Crippen LogP contribution in [0.3, 0.4) is 0 Å². The number of amides is 1. The van der Waals surface area contributed by atoms with Gasteiger partial charge in [0.25, 0.3) is 0 Å². The van der Waals surface area contributed by atoms with E-state index in [1.54, 1.807) is 0 Å². The van der Waals surface area contributed by atoms with Crippen molar-refractivity contribution < 1.29 is 49.6 Å². The topological polar surface area (TPSA) is 178 Å². The van der Waals surface area contributed by atoms with Gasteiger partial charge < -0.3 is 50.2 Å². The Labute approximate surface area is 143 Å². The van der Waals surface area contributed by atoms with Crippen molar-refractivity contribution in [3.05, 3.63) is 0 Å². The van der Waals surface area contributed by atoms with Crippen LogP contribution in [0.2, 0.25) is 0 Å². The standard InChI is InChI=1S/C14H25NO10/c1-4-8(18)12(7(13(22)23-4)15-5(2)17)25-14-11(21)10(20)9(19)6(3-16)24-14/h4,6-14,16,18-22H,3H2,1-2H3,(H,15,17). The van der Waals surface area contributed by atoms with Gasteiger partial charge in [-0.15, -0.1) is 0 Å². The van der Waals surface area contributed by atoms with Crippen molar-refractivity contribution in [3.8, 4) is 0 Å². The first-order valence-corrected chi connectivity index (χ1v) is 7.92. The second kappa shape index (κ2) is 8.20. The fourth-order valence-electron chi connectivity index (χ4n) is 2.91. The maximum atomic E-state index is 11.3. The van der Waals surface area contributed by atoms with Crippen LogP contribution in [0, 0.1) is 0 Å². The van der Waals surface area contributed by atoms with Gasteiger partial charge in [0.1, 0.15) is 42.7 Å². The summed E-state index contributed by atoms with van der Waals surface area (Å²) < 4.78 is 15.8. The van der Waals surface area contributed by atoms with Crippen LogP contribution in [0.25, 0.3) is 0 Å². The highest BCUT2D eigenvalue weighted by Crippen LogP contribution is 2.28. The lowest BCUT2D eigenvalue weighted by molar-refractivity contribution is -0.339. The number of aliphatic hydroxyl groups is 6. The number of aliphatic hydroxyl groups excluding tert-OH is 6. The molecule has 1 amide bonds. The lowest BCUT2D eigenvalue weighted by Crippen LogP contribution is -2.66. The van der Waals surface area contributed by atoms with Crippen molar-refractivity contribution in [3.63, 3.8) is 0 Å². The molecule has 0 radical (unpaired) electrons. The van der Waals surface area contributed by atoms with Crippen molar-refractivity contribution in [1.82, 2.24) is 5.32 Å². The molecule has 2 fully saturated rings. The highest BCUT2D eigenvalue weighted by molar-refractivity contribution is 5.73. The van der Waals surface area contributed by atoms with Gasteiger partial charge in [0.05, 0.1) is 12.7 Å². The van der Waals surface area contributed by atoms with Crippen LogP contribution in [0.1, 0.15) is 13.8 Å². The zero-order valence-corrected chi connectivity index (χ0v) is 13.8. The summed E-state index contributed by atoms with van der Waals surface area (Å²) in [5.74, 6) is -0.517. The minimum Gasteiger partial charge on any atom is -0.394 e. The summed E-state index contributed by atoms with van der Waals surface area (Å²) in [6.07, 6.45) is -12.5. The Morgan fingerprint density at radius 3 is 2.24 bits per heavy atom. The molecule has 0 aliphatic carbocycles. The molecule has 7 N–H and O–H groups in total. The Kier molecular flexibility index (Phi) is 6.70. The SMILES string of the molecule is CC(=O)NC1C(O)OC(C)C(O)C1OC1OC(CO)C(O)C(O)C1O. The van der Waals surface area contributed by atoms with Gasteiger partial charge in [-0.2, -0.15) is 0 Å². The summed E-state index contributed by atoms with van der Waals surface area (Å²) in [4.78, 5) is 11.3. The first kappa shape index (κ1) is 20.4. The molecule has 0 spiro atoms. The van der Waals surface area contributed by atoms with Gasteiger partial charge in [0.2, 0.25) is 5.91 Å². The van der Waals surface area contributed by atoms with Crippen LogP contribution < -0.4 is 5.32 Å². The van der Waals surface area contributed by atoms with Crippen molar-refractivity contribution in [2.24, 2.45) is 0 Å². The molecule has 0 bridgehead atoms. The molecule has 2 saturated heterocycles. The van der Waals surface area contributed by atoms with Crippen LogP contribution in [-0.2, 0) is 19.0 Å². The first-order chi connectivity index (χ1) is 11.7. The van der Waals surface area contributed by atoms with E-state index < -0.39 is 73.9 Å². The predicted molar refractivity (Wildman–Crippen MR) is 78.8 cm³/mol. The molecule has 11 heteroatoms. The molecule has 146 valence electrons. The number of ether oxygens (including phenoxy) is 3. The third-order valence-corrected chi connectivity index (χ3v) is 4.34. The zero-order valence-electron chi connectivity index (χ0n) is 13.8. The molecule has 10 unspecified atom stereocenters. The third-order valence-electron chi connectivity index (χ3n) is 4.34. The molecule has 0 saturated carbocycles. The number of carbonyl (C=O) groups is 1. The van der Waals surface area contributed by atoms with E-state index in [1.807, 2.05) is 0 Å². The van der Waals surface area contributed by atoms with Crippen molar-refractivity contribution >= 4 is 5.91 Å². The fourth-order valence-corrected chi connectivity index (χ4v) is 2.91. The monoisotopic (exact) mass is 367 g/mol. The van der Waals surface area contributed by atoms with Crippen LogP contribution in [0.5, 0.6) is 0 Å². The highest BCUT2D eigenvalue weighted by Gasteiger charge is 2.50. The van der Waals surface area contributed by atoms with E-state index in [0.29, 0.717) is 0 Å². The molecule has 0 aromatic carbocycles. The van der Waals surface area contributed by atoms with E-state index in [4.69, 9.17) is 14.2 Å². The normalized spacial score (nSPS) is 48.2. The van der Waals surface area contributed by atoms with Crippen LogP contribution in [0.15, 0.2) is 0 Å². The Morgan fingerprint density at radius 1 is 1.04 bits per heavy atom. The Balaban J connectivity index is 2.19. The summed E-state index contributed by atoms with van der Waals surface area (Å²) in [5, 5.41) is 61.5. The lowest BCUT2D eigenvalue weighted by Gasteiger charge is -2.46. The second-order valence-electron chi connectivity index (χ2n) is 6.25. The van der Waals surface area contributed by atoms with Crippen molar-refractivity contribution in [1.29, 1.82) is 0 Å². The summed E-state index contributed by atoms with van der Waals surface area (Å²) in [6, 6.07) is -1.17. The van der Waals surface area contributed by atoms with E-state index in [1.165, 1.54) is 13.8 Å². The van der Waals surface area contributed by atoms with Gasteiger partial charge in [-0.05, 0) is 6.92 Å². The molecule has 25 heavy (non-hydrogen) atoms. The summed E-state index contributed by atoms with van der Waals surface area (Å²) >= 11 is 0. The van der Waals surface area contributed by atoms with E-state index >= 15 is 0 Å². The minimum absolute atomic E-state index is 0.517. The van der Waals surface area contributed by atoms with Crippen LogP contribution >= 0.6 is 0 Å². The molecule has 11 nitrogen and oxygen atoms in total. The van der Waals surface area contributed by atoms with E-state index in [2.05, 4.69) is 5.32 Å². The number of hydrogen-bond donors (Lipinski definition) is 7. The van der Waals surface area contributed by atoms with Gasteiger partial charge in [-0.25, -0.2) is 0 Å². The maximum absolute atomic E-state index is 11.3. The molecule has 0 aromatic rings. The Morgan fingerprint density at radius 2 is 1.68 bits per heavy atom. The zero-order chi connectivity index (χ0) is 18.9. The Bertz CT molecular complexity index is 463. The molecule has 2 rings (SSSR count). The largest absolute Gasteiger partial charge is 0.394 e. The average Bonchev–Trinajstić information content (AvgIpc) is 2.55. The maximum Gasteiger partial charge on any atom is 0.217 e. The minimum atomic E-state index is -1.68. The number of nitrogens with one attached hydrogen (secondary N) is 1. The number of hydrogen-bond acceptors (Lipinski definition) is 10. The van der Waals surface area contributed by atoms with Gasteiger partial charge in [-0.1, -0.05) is 0 Å². The molecule has 2 aliphatic rings. The van der Waals surface area contributed by atoms with Gasteiger partial charge in [0.15, 0.2) is 12.6 Å². The molecular weight excluding hydrogens is 342 g/mol. The number of rotatable bonds is 4. The second-order valence-corrected chi connectivity index (χ2v) is 6.25. The smallest absolute Gasteiger partial charge is 0.217 e. The van der Waals surface area contributed by atoms with Gasteiger partial charge in [-0.3, -0.25) is 4.79 Å². The lowest BCUT2D eigenvalue weighted by atomic mass is 9.96. The molecular formula is C14H25NO10. The molecule has 2 aliphatic heterocycles. The fraction of sp³-hybridized carbons (Fsp3) is 0.929. The Hall–Kier alpha value is -0.890. The van der Waals surface area contributed by atoms with Crippen LogP contribution in [0.4, 0.5) is 0 Å². The predicted octanol–water partition coefficient (Wildman–Crippen LogP) is -4.23. The average molecular weight is 367 g/mol. The van der Waals surface area contributed by atoms with Crippen LogP contribution in [-0.4, -0.2) is 105 Å². The van der Waals surface area contributed by atoms with E-state index in [9.17, 15) is 35.4 Å². The third kappa shape index (κ3) is 4.27. The highest BCUT2D eigenvalue weighted by atomic mass is 16.7. The van der Waals surface area contributed by atoms with E-state index in [-0.39, 0.29) is 0 Å². The molecule has 2 heterocycles. The van der Waals surface area contributed by atoms with Crippen molar-refractivity contribution in [2.75, 3.05) is 6.61 Å². The molecule has 0 aromatic heterocycles. The summed E-state index contributed by atoms with van der Waals surface area (Å²) in [5.41, 5.74) is 0. The summed E-state index contributed by atoms with van der Waals surface area (Å²) in [6.45, 7) is 2.03. The quantitative estimate of drug-likeness (QED) is 0.257. The number of carbonyl (C=O) groups excluding carboxylic acids is 1. The van der Waals surface area contributed by atoms with Gasteiger partial charge >= 0.3 is 0 Å². The summed E-state index contributed by atoms with van der Waals surface area (Å²) in [7, 11) is 0. The molecule has 10 atom stereocenters. The van der Waals surface area contributed by atoms with Gasteiger partial charge in [0, 0.05) is 6.92 Å². The van der Waals surface area contributed by atoms with Crippen molar-refractivity contribution in [2.45, 2.75) is 75.2 Å². The van der Waals surface area contributed by atoms with E-state index in [0.717, 1.165) is 0 Å². The first-order valence-electron chi connectivity index (χ1n) is 7.92.